The Morgan fingerprint density at radius 2 is 2.17 bits per heavy atom. The molecular formula is C16H18ClF2N3O. The van der Waals surface area contributed by atoms with Gasteiger partial charge in [-0.15, -0.1) is 12.4 Å². The van der Waals surface area contributed by atoms with Crippen molar-refractivity contribution in [2.24, 2.45) is 0 Å². The second-order valence-corrected chi connectivity index (χ2v) is 5.80. The van der Waals surface area contributed by atoms with E-state index in [0.29, 0.717) is 17.0 Å². The number of ether oxygens (including phenoxy) is 1. The molecule has 1 fully saturated rings. The van der Waals surface area contributed by atoms with Gasteiger partial charge in [-0.25, -0.2) is 4.68 Å². The minimum absolute atomic E-state index is 0. The number of piperidine rings is 1. The van der Waals surface area contributed by atoms with Gasteiger partial charge in [-0.3, -0.25) is 0 Å². The zero-order chi connectivity index (χ0) is 15.1. The van der Waals surface area contributed by atoms with Crippen molar-refractivity contribution in [3.63, 3.8) is 0 Å². The fourth-order valence-electron chi connectivity index (χ4n) is 3.34. The van der Waals surface area contributed by atoms with E-state index in [4.69, 9.17) is 4.74 Å². The standard InChI is InChI=1S/C16H17F2N3O.ClH/c17-16(18)21-7-5-13(20-21)10-3-4-12-11(8-10)9-22-14-2-1-6-19-15(12)14;/h3-5,7-8,14-16,19H,1-2,6,9H2;1H/t14-,15-;/m0./s1. The van der Waals surface area contributed by atoms with Crippen LogP contribution in [0.3, 0.4) is 0 Å². The number of rotatable bonds is 2. The molecule has 1 aromatic heterocycles. The van der Waals surface area contributed by atoms with Gasteiger partial charge < -0.3 is 10.1 Å². The Bertz CT molecular complexity index is 692. The van der Waals surface area contributed by atoms with Crippen LogP contribution in [0.4, 0.5) is 8.78 Å². The van der Waals surface area contributed by atoms with Crippen molar-refractivity contribution in [3.05, 3.63) is 41.6 Å². The van der Waals surface area contributed by atoms with Crippen LogP contribution in [0.1, 0.15) is 36.6 Å². The third kappa shape index (κ3) is 2.98. The molecule has 0 radical (unpaired) electrons. The van der Waals surface area contributed by atoms with Crippen molar-refractivity contribution in [2.75, 3.05) is 6.54 Å². The van der Waals surface area contributed by atoms with E-state index in [1.807, 2.05) is 12.1 Å². The van der Waals surface area contributed by atoms with E-state index in [2.05, 4.69) is 16.5 Å². The average molecular weight is 342 g/mol. The molecule has 23 heavy (non-hydrogen) atoms. The maximum Gasteiger partial charge on any atom is 0.333 e. The highest BCUT2D eigenvalue weighted by Crippen LogP contribution is 2.35. The Labute approximate surface area is 139 Å². The summed E-state index contributed by atoms with van der Waals surface area (Å²) in [5, 5.41) is 7.43. The Balaban J connectivity index is 0.00000156. The molecule has 3 heterocycles. The average Bonchev–Trinajstić information content (AvgIpc) is 3.04. The van der Waals surface area contributed by atoms with E-state index >= 15 is 0 Å². The Hall–Kier alpha value is -1.50. The fourth-order valence-corrected chi connectivity index (χ4v) is 3.34. The van der Waals surface area contributed by atoms with Gasteiger partial charge in [-0.1, -0.05) is 12.1 Å². The van der Waals surface area contributed by atoms with E-state index in [-0.39, 0.29) is 24.6 Å². The van der Waals surface area contributed by atoms with Gasteiger partial charge in [0.25, 0.3) is 0 Å². The first kappa shape index (κ1) is 16.4. The molecule has 0 saturated carbocycles. The fraction of sp³-hybridized carbons (Fsp3) is 0.438. The summed E-state index contributed by atoms with van der Waals surface area (Å²) in [4.78, 5) is 0. The lowest BCUT2D eigenvalue weighted by molar-refractivity contribution is -0.0177. The van der Waals surface area contributed by atoms with Crippen LogP contribution in [0.15, 0.2) is 30.5 Å². The third-order valence-corrected chi connectivity index (χ3v) is 4.44. The number of fused-ring (bicyclic) bond motifs is 3. The molecule has 1 aromatic carbocycles. The molecular weight excluding hydrogens is 324 g/mol. The molecule has 1 N–H and O–H groups in total. The van der Waals surface area contributed by atoms with Crippen molar-refractivity contribution in [1.82, 2.24) is 15.1 Å². The molecule has 4 nitrogen and oxygen atoms in total. The summed E-state index contributed by atoms with van der Waals surface area (Å²) >= 11 is 0. The van der Waals surface area contributed by atoms with Crippen LogP contribution in [-0.2, 0) is 11.3 Å². The first-order valence-electron chi connectivity index (χ1n) is 7.54. The van der Waals surface area contributed by atoms with E-state index < -0.39 is 6.55 Å². The summed E-state index contributed by atoms with van der Waals surface area (Å²) < 4.78 is 31.9. The summed E-state index contributed by atoms with van der Waals surface area (Å²) in [7, 11) is 0. The quantitative estimate of drug-likeness (QED) is 0.905. The monoisotopic (exact) mass is 341 g/mol. The number of halogens is 3. The second kappa shape index (κ2) is 6.55. The van der Waals surface area contributed by atoms with E-state index in [9.17, 15) is 8.78 Å². The lowest BCUT2D eigenvalue weighted by atomic mass is 9.88. The van der Waals surface area contributed by atoms with Gasteiger partial charge in [0.2, 0.25) is 0 Å². The summed E-state index contributed by atoms with van der Waals surface area (Å²) in [6.45, 7) is -1.03. The van der Waals surface area contributed by atoms with Gasteiger partial charge in [-0.05, 0) is 42.6 Å². The Morgan fingerprint density at radius 3 is 2.96 bits per heavy atom. The molecule has 0 unspecified atom stereocenters. The molecule has 0 spiro atoms. The first-order valence-corrected chi connectivity index (χ1v) is 7.54. The summed E-state index contributed by atoms with van der Waals surface area (Å²) in [6.07, 6.45) is 3.76. The van der Waals surface area contributed by atoms with E-state index in [1.165, 1.54) is 11.8 Å². The molecule has 4 rings (SSSR count). The Morgan fingerprint density at radius 1 is 1.30 bits per heavy atom. The highest BCUT2D eigenvalue weighted by molar-refractivity contribution is 5.85. The van der Waals surface area contributed by atoms with Crippen molar-refractivity contribution >= 4 is 12.4 Å². The van der Waals surface area contributed by atoms with Crippen molar-refractivity contribution in [2.45, 2.75) is 38.1 Å². The number of benzene rings is 1. The van der Waals surface area contributed by atoms with E-state index in [1.54, 1.807) is 6.07 Å². The van der Waals surface area contributed by atoms with Crippen molar-refractivity contribution in [1.29, 1.82) is 0 Å². The predicted octanol–water partition coefficient (Wildman–Crippen LogP) is 3.69. The van der Waals surface area contributed by atoms with Crippen molar-refractivity contribution in [3.8, 4) is 11.3 Å². The van der Waals surface area contributed by atoms with Crippen LogP contribution in [0, 0.1) is 0 Å². The highest BCUT2D eigenvalue weighted by Gasteiger charge is 2.32. The number of nitrogens with one attached hydrogen (secondary N) is 1. The number of hydrogen-bond acceptors (Lipinski definition) is 3. The molecule has 2 aliphatic heterocycles. The Kier molecular flexibility index (Phi) is 4.66. The number of aromatic nitrogens is 2. The molecule has 124 valence electrons. The number of nitrogens with zero attached hydrogens (tertiary/aromatic N) is 2. The molecule has 0 bridgehead atoms. The lowest BCUT2D eigenvalue weighted by Crippen LogP contribution is -2.42. The molecule has 0 aliphatic carbocycles. The van der Waals surface area contributed by atoms with Crippen LogP contribution in [0.25, 0.3) is 11.3 Å². The number of hydrogen-bond donors (Lipinski definition) is 1. The maximum absolute atomic E-state index is 12.6. The largest absolute Gasteiger partial charge is 0.372 e. The minimum Gasteiger partial charge on any atom is -0.372 e. The molecule has 2 atom stereocenters. The van der Waals surface area contributed by atoms with Gasteiger partial charge in [0, 0.05) is 11.8 Å². The predicted molar refractivity (Wildman–Crippen MR) is 84.7 cm³/mol. The third-order valence-electron chi connectivity index (χ3n) is 4.44. The van der Waals surface area contributed by atoms with Gasteiger partial charge >= 0.3 is 6.55 Å². The second-order valence-electron chi connectivity index (χ2n) is 5.80. The molecule has 2 aliphatic rings. The zero-order valence-corrected chi connectivity index (χ0v) is 13.2. The normalized spacial score (nSPS) is 23.1. The maximum atomic E-state index is 12.6. The van der Waals surface area contributed by atoms with Gasteiger partial charge in [0.1, 0.15) is 0 Å². The molecule has 0 amide bonds. The minimum atomic E-state index is -2.61. The van der Waals surface area contributed by atoms with Gasteiger partial charge in [0.05, 0.1) is 24.4 Å². The lowest BCUT2D eigenvalue weighted by Gasteiger charge is -2.38. The first-order chi connectivity index (χ1) is 10.7. The van der Waals surface area contributed by atoms with Crippen molar-refractivity contribution < 1.29 is 13.5 Å². The molecule has 1 saturated heterocycles. The van der Waals surface area contributed by atoms with Crippen LogP contribution < -0.4 is 5.32 Å². The summed E-state index contributed by atoms with van der Waals surface area (Å²) in [5.41, 5.74) is 3.77. The molecule has 7 heteroatoms. The van der Waals surface area contributed by atoms with Crippen LogP contribution in [0.5, 0.6) is 0 Å². The smallest absolute Gasteiger partial charge is 0.333 e. The highest BCUT2D eigenvalue weighted by atomic mass is 35.5. The van der Waals surface area contributed by atoms with Crippen LogP contribution in [-0.4, -0.2) is 22.4 Å². The van der Waals surface area contributed by atoms with Gasteiger partial charge in [-0.2, -0.15) is 13.9 Å². The summed E-state index contributed by atoms with van der Waals surface area (Å²) in [5.74, 6) is 0. The molecule has 2 aromatic rings. The zero-order valence-electron chi connectivity index (χ0n) is 12.4. The van der Waals surface area contributed by atoms with Gasteiger partial charge in [0.15, 0.2) is 0 Å². The van der Waals surface area contributed by atoms with E-state index in [0.717, 1.165) is 30.5 Å². The SMILES string of the molecule is Cl.FC(F)n1ccc(-c2ccc3c(c2)CO[C@H]2CCCN[C@@H]32)n1. The topological polar surface area (TPSA) is 39.1 Å². The number of alkyl halides is 2. The van der Waals surface area contributed by atoms with Crippen LogP contribution in [0.2, 0.25) is 0 Å². The van der Waals surface area contributed by atoms with Crippen LogP contribution >= 0.6 is 12.4 Å². The summed E-state index contributed by atoms with van der Waals surface area (Å²) in [6, 6.07) is 7.88.